The minimum Gasteiger partial charge on any atom is -0.497 e. The van der Waals surface area contributed by atoms with Crippen LogP contribution in [0.25, 0.3) is 0 Å². The summed E-state index contributed by atoms with van der Waals surface area (Å²) in [6, 6.07) is 9.80. The highest BCUT2D eigenvalue weighted by Gasteiger charge is 2.28. The highest BCUT2D eigenvalue weighted by atomic mass is 32.1. The molecule has 0 spiro atoms. The molecular formula is C24H29N3O6S. The Morgan fingerprint density at radius 3 is 2.79 bits per heavy atom. The Morgan fingerprint density at radius 1 is 1.26 bits per heavy atom. The molecule has 0 saturated carbocycles. The number of hydrogen-bond donors (Lipinski definition) is 1. The first kappa shape index (κ1) is 25.5. The van der Waals surface area contributed by atoms with E-state index < -0.39 is 6.09 Å². The highest BCUT2D eigenvalue weighted by Crippen LogP contribution is 2.37. The van der Waals surface area contributed by atoms with Crippen molar-refractivity contribution in [3.8, 4) is 11.8 Å². The number of carbonyl (C=O) groups excluding carboxylic acids is 2. The fourth-order valence-electron chi connectivity index (χ4n) is 3.67. The summed E-state index contributed by atoms with van der Waals surface area (Å²) < 4.78 is 20.8. The molecule has 0 fully saturated rings. The van der Waals surface area contributed by atoms with Crippen molar-refractivity contribution in [1.82, 2.24) is 4.90 Å². The lowest BCUT2D eigenvalue weighted by atomic mass is 10.0. The number of anilines is 1. The van der Waals surface area contributed by atoms with Crippen LogP contribution in [-0.2, 0) is 38.4 Å². The Balaban J connectivity index is 1.59. The van der Waals surface area contributed by atoms with Gasteiger partial charge in [0, 0.05) is 32.1 Å². The maximum absolute atomic E-state index is 12.6. The van der Waals surface area contributed by atoms with Crippen LogP contribution in [0.1, 0.15) is 28.0 Å². The van der Waals surface area contributed by atoms with Crippen molar-refractivity contribution in [3.05, 3.63) is 45.8 Å². The SMILES string of the molecule is COCC(COC(=O)N1CCc2c(sc(NC(=O)CCc3cccc(OC)c3)c2C#N)C1)OC. The van der Waals surface area contributed by atoms with Crippen molar-refractivity contribution in [1.29, 1.82) is 5.26 Å². The summed E-state index contributed by atoms with van der Waals surface area (Å²) in [5.74, 6) is 0.577. The number of amides is 2. The standard InChI is InChI=1S/C24H29N3O6S/c1-30-14-18(32-3)15-33-24(29)27-10-9-19-20(12-25)23(34-21(19)13-27)26-22(28)8-7-16-5-4-6-17(11-16)31-2/h4-6,11,18H,7-10,13-15H2,1-3H3,(H,26,28). The molecule has 0 bridgehead atoms. The van der Waals surface area contributed by atoms with Gasteiger partial charge in [0.1, 0.15) is 29.5 Å². The average Bonchev–Trinajstić information content (AvgIpc) is 3.21. The van der Waals surface area contributed by atoms with Gasteiger partial charge in [-0.05, 0) is 36.1 Å². The van der Waals surface area contributed by atoms with Gasteiger partial charge in [-0.1, -0.05) is 12.1 Å². The van der Waals surface area contributed by atoms with Crippen molar-refractivity contribution in [2.24, 2.45) is 0 Å². The van der Waals surface area contributed by atoms with Crippen LogP contribution >= 0.6 is 11.3 Å². The number of carbonyl (C=O) groups is 2. The minimum atomic E-state index is -0.445. The lowest BCUT2D eigenvalue weighted by Gasteiger charge is -2.27. The second-order valence-corrected chi connectivity index (χ2v) is 8.89. The number of nitrogens with zero attached hydrogens (tertiary/aromatic N) is 2. The molecule has 1 aliphatic rings. The highest BCUT2D eigenvalue weighted by molar-refractivity contribution is 7.16. The normalized spacial score (nSPS) is 13.5. The molecule has 2 heterocycles. The van der Waals surface area contributed by atoms with Crippen LogP contribution in [0.15, 0.2) is 24.3 Å². The molecular weight excluding hydrogens is 458 g/mol. The number of methoxy groups -OCH3 is 3. The third-order valence-corrected chi connectivity index (χ3v) is 6.67. The van der Waals surface area contributed by atoms with E-state index in [9.17, 15) is 14.9 Å². The smallest absolute Gasteiger partial charge is 0.410 e. The Morgan fingerprint density at radius 2 is 2.09 bits per heavy atom. The first-order chi connectivity index (χ1) is 16.5. The summed E-state index contributed by atoms with van der Waals surface area (Å²) in [4.78, 5) is 27.5. The topological polar surface area (TPSA) is 110 Å². The molecule has 1 N–H and O–H groups in total. The molecule has 0 saturated heterocycles. The Kier molecular flexibility index (Phi) is 9.27. The number of hydrogen-bond acceptors (Lipinski definition) is 8. The number of nitriles is 1. The molecule has 0 radical (unpaired) electrons. The van der Waals surface area contributed by atoms with Crippen molar-refractivity contribution >= 4 is 28.3 Å². The van der Waals surface area contributed by atoms with E-state index >= 15 is 0 Å². The van der Waals surface area contributed by atoms with Crippen molar-refractivity contribution in [2.75, 3.05) is 46.4 Å². The molecule has 182 valence electrons. The quantitative estimate of drug-likeness (QED) is 0.547. The number of fused-ring (bicyclic) bond motifs is 1. The molecule has 1 aliphatic heterocycles. The van der Waals surface area contributed by atoms with Gasteiger partial charge in [-0.15, -0.1) is 11.3 Å². The number of ether oxygens (including phenoxy) is 4. The number of thiophene rings is 1. The summed E-state index contributed by atoms with van der Waals surface area (Å²) in [5.41, 5.74) is 2.35. The number of benzene rings is 1. The van der Waals surface area contributed by atoms with Crippen LogP contribution in [-0.4, -0.2) is 64.1 Å². The third kappa shape index (κ3) is 6.47. The summed E-state index contributed by atoms with van der Waals surface area (Å²) >= 11 is 1.33. The molecule has 1 atom stereocenters. The maximum atomic E-state index is 12.6. The monoisotopic (exact) mass is 487 g/mol. The van der Waals surface area contributed by atoms with Gasteiger partial charge >= 0.3 is 6.09 Å². The van der Waals surface area contributed by atoms with E-state index in [1.54, 1.807) is 19.1 Å². The summed E-state index contributed by atoms with van der Waals surface area (Å²) in [6.07, 6.45) is 0.581. The fourth-order valence-corrected chi connectivity index (χ4v) is 4.90. The van der Waals surface area contributed by atoms with E-state index in [2.05, 4.69) is 11.4 Å². The zero-order chi connectivity index (χ0) is 24.5. The van der Waals surface area contributed by atoms with Crippen LogP contribution in [0.4, 0.5) is 9.80 Å². The molecule has 1 unspecified atom stereocenters. The maximum Gasteiger partial charge on any atom is 0.410 e. The van der Waals surface area contributed by atoms with Crippen LogP contribution in [0, 0.1) is 11.3 Å². The van der Waals surface area contributed by atoms with E-state index in [1.807, 2.05) is 24.3 Å². The van der Waals surface area contributed by atoms with E-state index in [0.717, 1.165) is 21.8 Å². The number of rotatable bonds is 10. The van der Waals surface area contributed by atoms with Crippen LogP contribution in [0.3, 0.4) is 0 Å². The van der Waals surface area contributed by atoms with Gasteiger partial charge in [-0.2, -0.15) is 5.26 Å². The number of nitrogens with one attached hydrogen (secondary N) is 1. The van der Waals surface area contributed by atoms with Gasteiger partial charge in [0.25, 0.3) is 0 Å². The van der Waals surface area contributed by atoms with Crippen LogP contribution in [0.2, 0.25) is 0 Å². The zero-order valence-corrected chi connectivity index (χ0v) is 20.4. The lowest BCUT2D eigenvalue weighted by molar-refractivity contribution is -0.116. The molecule has 10 heteroatoms. The lowest BCUT2D eigenvalue weighted by Crippen LogP contribution is -2.37. The average molecular weight is 488 g/mol. The summed E-state index contributed by atoms with van der Waals surface area (Å²) in [5, 5.41) is 13.1. The predicted molar refractivity (Wildman–Crippen MR) is 127 cm³/mol. The van der Waals surface area contributed by atoms with Gasteiger partial charge in [-0.3, -0.25) is 4.79 Å². The summed E-state index contributed by atoms with van der Waals surface area (Å²) in [6.45, 7) is 1.18. The van der Waals surface area contributed by atoms with E-state index in [1.165, 1.54) is 18.4 Å². The number of aryl methyl sites for hydroxylation is 1. The van der Waals surface area contributed by atoms with Crippen molar-refractivity contribution in [3.63, 3.8) is 0 Å². The van der Waals surface area contributed by atoms with Gasteiger partial charge in [0.15, 0.2) is 0 Å². The molecule has 9 nitrogen and oxygen atoms in total. The van der Waals surface area contributed by atoms with Crippen LogP contribution in [0.5, 0.6) is 5.75 Å². The van der Waals surface area contributed by atoms with Gasteiger partial charge in [0.2, 0.25) is 5.91 Å². The largest absolute Gasteiger partial charge is 0.497 e. The first-order valence-electron chi connectivity index (χ1n) is 10.9. The first-order valence-corrected chi connectivity index (χ1v) is 11.7. The second-order valence-electron chi connectivity index (χ2n) is 7.78. The summed E-state index contributed by atoms with van der Waals surface area (Å²) in [7, 11) is 4.69. The van der Waals surface area contributed by atoms with Crippen molar-refractivity contribution in [2.45, 2.75) is 31.9 Å². The van der Waals surface area contributed by atoms with Gasteiger partial charge in [-0.25, -0.2) is 4.79 Å². The molecule has 0 aliphatic carbocycles. The Hall–Kier alpha value is -3.13. The van der Waals surface area contributed by atoms with E-state index in [-0.39, 0.29) is 25.0 Å². The molecule has 3 rings (SSSR count). The van der Waals surface area contributed by atoms with E-state index in [0.29, 0.717) is 43.1 Å². The van der Waals surface area contributed by atoms with Gasteiger partial charge < -0.3 is 29.2 Å². The predicted octanol–water partition coefficient (Wildman–Crippen LogP) is 3.36. The van der Waals surface area contributed by atoms with E-state index in [4.69, 9.17) is 18.9 Å². The molecule has 2 amide bonds. The zero-order valence-electron chi connectivity index (χ0n) is 19.6. The Bertz CT molecular complexity index is 1050. The third-order valence-electron chi connectivity index (χ3n) is 5.53. The molecule has 1 aromatic carbocycles. The van der Waals surface area contributed by atoms with Gasteiger partial charge in [0.05, 0.1) is 25.8 Å². The second kappa shape index (κ2) is 12.4. The molecule has 2 aromatic rings. The Labute approximate surface area is 203 Å². The van der Waals surface area contributed by atoms with Crippen molar-refractivity contribution < 1.29 is 28.5 Å². The van der Waals surface area contributed by atoms with Crippen LogP contribution < -0.4 is 10.1 Å². The fraction of sp³-hybridized carbons (Fsp3) is 0.458. The molecule has 1 aromatic heterocycles. The molecule has 34 heavy (non-hydrogen) atoms. The minimum absolute atomic E-state index is 0.0923.